The molecule has 1 aliphatic heterocycles. The summed E-state index contributed by atoms with van der Waals surface area (Å²) in [6, 6.07) is 4.00. The van der Waals surface area contributed by atoms with E-state index in [1.54, 1.807) is 0 Å². The molecule has 0 bridgehead atoms. The monoisotopic (exact) mass is 383 g/mol. The second-order valence-corrected chi connectivity index (χ2v) is 7.81. The maximum Gasteiger partial charge on any atom is 0.352 e. The van der Waals surface area contributed by atoms with Crippen LogP contribution >= 0.6 is 15.9 Å². The lowest BCUT2D eigenvalue weighted by molar-refractivity contribution is -0.142. The van der Waals surface area contributed by atoms with Gasteiger partial charge in [-0.2, -0.15) is 8.78 Å². The molecule has 1 aliphatic rings. The first-order valence-electron chi connectivity index (χ1n) is 5.88. The van der Waals surface area contributed by atoms with Gasteiger partial charge in [0.15, 0.2) is 0 Å². The van der Waals surface area contributed by atoms with E-state index in [1.165, 1.54) is 18.2 Å². The summed E-state index contributed by atoms with van der Waals surface area (Å²) in [6.45, 7) is -0.592. The van der Waals surface area contributed by atoms with Crippen molar-refractivity contribution in [3.05, 3.63) is 28.2 Å². The van der Waals surface area contributed by atoms with Gasteiger partial charge >= 0.3 is 11.8 Å². The lowest BCUT2D eigenvalue weighted by atomic mass is 10.1. The molecule has 0 aromatic heterocycles. The molecule has 0 saturated heterocycles. The Bertz CT molecular complexity index is 678. The van der Waals surface area contributed by atoms with Crippen LogP contribution in [0, 0.1) is 0 Å². The summed E-state index contributed by atoms with van der Waals surface area (Å²) in [5.74, 6) is -5.22. The molecule has 0 aliphatic carbocycles. The maximum atomic E-state index is 13.9. The first-order valence-corrected chi connectivity index (χ1v) is 8.73. The van der Waals surface area contributed by atoms with Crippen molar-refractivity contribution < 1.29 is 26.7 Å². The predicted molar refractivity (Wildman–Crippen MR) is 76.1 cm³/mol. The van der Waals surface area contributed by atoms with Crippen molar-refractivity contribution in [1.29, 1.82) is 0 Å². The van der Waals surface area contributed by atoms with Crippen molar-refractivity contribution in [3.8, 4) is 0 Å². The van der Waals surface area contributed by atoms with Gasteiger partial charge in [-0.1, -0.05) is 15.9 Å². The molecule has 0 N–H and O–H groups in total. The van der Waals surface area contributed by atoms with Crippen LogP contribution in [0.1, 0.15) is 5.56 Å². The average molecular weight is 384 g/mol. The minimum absolute atomic E-state index is 0.0544. The van der Waals surface area contributed by atoms with E-state index in [0.717, 1.165) is 11.2 Å². The number of alkyl halides is 2. The van der Waals surface area contributed by atoms with Gasteiger partial charge in [0, 0.05) is 10.7 Å². The smallest absolute Gasteiger partial charge is 0.352 e. The molecule has 1 heterocycles. The Morgan fingerprint density at radius 2 is 2.05 bits per heavy atom. The Labute approximate surface area is 128 Å². The first kappa shape index (κ1) is 16.3. The lowest BCUT2D eigenvalue weighted by Gasteiger charge is -2.17. The summed E-state index contributed by atoms with van der Waals surface area (Å²) in [6.07, 6.45) is 1.04. The van der Waals surface area contributed by atoms with Gasteiger partial charge in [-0.15, -0.1) is 0 Å². The van der Waals surface area contributed by atoms with Crippen LogP contribution in [-0.2, 0) is 25.3 Å². The summed E-state index contributed by atoms with van der Waals surface area (Å²) in [5.41, 5.74) is -0.332. The number of nitrogens with zero attached hydrogens (tertiary/aromatic N) is 1. The molecular formula is C12H12BrF2NO4S. The number of rotatable bonds is 5. The van der Waals surface area contributed by atoms with Crippen molar-refractivity contribution in [2.24, 2.45) is 0 Å². The molecular weight excluding hydrogens is 372 g/mol. The van der Waals surface area contributed by atoms with Crippen LogP contribution in [0.4, 0.5) is 14.5 Å². The van der Waals surface area contributed by atoms with Crippen LogP contribution in [-0.4, -0.2) is 39.7 Å². The highest BCUT2D eigenvalue weighted by atomic mass is 79.9. The third kappa shape index (κ3) is 3.41. The quantitative estimate of drug-likeness (QED) is 0.728. The summed E-state index contributed by atoms with van der Waals surface area (Å²) in [5, 5.41) is 0. The largest absolute Gasteiger partial charge is 0.360 e. The van der Waals surface area contributed by atoms with Gasteiger partial charge in [0.2, 0.25) is 0 Å². The van der Waals surface area contributed by atoms with Gasteiger partial charge in [0.05, 0.1) is 23.6 Å². The lowest BCUT2D eigenvalue weighted by Crippen LogP contribution is -2.36. The second kappa shape index (κ2) is 5.62. The Morgan fingerprint density at radius 3 is 2.67 bits per heavy atom. The van der Waals surface area contributed by atoms with Crippen LogP contribution in [0.25, 0.3) is 0 Å². The number of carbonyl (C=O) groups excluding carboxylic acids is 1. The topological polar surface area (TPSA) is 63.7 Å². The number of carbonyl (C=O) groups is 1. The SMILES string of the molecule is CS(=O)(=O)CCOCN1C(=O)C(F)(F)c2ccc(Br)cc21. The fraction of sp³-hybridized carbons (Fsp3) is 0.417. The van der Waals surface area contributed by atoms with Gasteiger partial charge in [-0.25, -0.2) is 8.42 Å². The Hall–Kier alpha value is -1.06. The predicted octanol–water partition coefficient (Wildman–Crippen LogP) is 1.91. The van der Waals surface area contributed by atoms with Crippen molar-refractivity contribution in [2.45, 2.75) is 5.92 Å². The molecule has 5 nitrogen and oxygen atoms in total. The van der Waals surface area contributed by atoms with Crippen LogP contribution in [0.15, 0.2) is 22.7 Å². The summed E-state index contributed by atoms with van der Waals surface area (Å²) in [7, 11) is -3.21. The molecule has 9 heteroatoms. The summed E-state index contributed by atoms with van der Waals surface area (Å²) >= 11 is 3.15. The number of hydrogen-bond donors (Lipinski definition) is 0. The number of hydrogen-bond acceptors (Lipinski definition) is 4. The van der Waals surface area contributed by atoms with E-state index >= 15 is 0 Å². The zero-order valence-corrected chi connectivity index (χ0v) is 13.4. The number of anilines is 1. The van der Waals surface area contributed by atoms with Gasteiger partial charge in [0.25, 0.3) is 0 Å². The van der Waals surface area contributed by atoms with E-state index in [4.69, 9.17) is 4.74 Å². The molecule has 0 fully saturated rings. The van der Waals surface area contributed by atoms with E-state index in [-0.39, 0.29) is 23.6 Å². The molecule has 21 heavy (non-hydrogen) atoms. The molecule has 116 valence electrons. The van der Waals surface area contributed by atoms with Crippen LogP contribution in [0.2, 0.25) is 0 Å². The van der Waals surface area contributed by atoms with E-state index in [0.29, 0.717) is 4.47 Å². The third-order valence-electron chi connectivity index (χ3n) is 2.92. The number of benzene rings is 1. The highest BCUT2D eigenvalue weighted by Gasteiger charge is 2.52. The Balaban J connectivity index is 2.14. The third-order valence-corrected chi connectivity index (χ3v) is 4.32. The van der Waals surface area contributed by atoms with Crippen molar-refractivity contribution >= 4 is 37.4 Å². The highest BCUT2D eigenvalue weighted by Crippen LogP contribution is 2.44. The van der Waals surface area contributed by atoms with Crippen LogP contribution in [0.5, 0.6) is 0 Å². The highest BCUT2D eigenvalue weighted by molar-refractivity contribution is 9.10. The Kier molecular flexibility index (Phi) is 4.36. The van der Waals surface area contributed by atoms with Crippen LogP contribution in [0.3, 0.4) is 0 Å². The van der Waals surface area contributed by atoms with E-state index in [9.17, 15) is 22.0 Å². The molecule has 0 unspecified atom stereocenters. The minimum Gasteiger partial charge on any atom is -0.360 e. The minimum atomic E-state index is -3.60. The molecule has 0 saturated carbocycles. The number of fused-ring (bicyclic) bond motifs is 1. The fourth-order valence-corrected chi connectivity index (χ4v) is 2.65. The fourth-order valence-electron chi connectivity index (χ4n) is 1.88. The number of ether oxygens (including phenoxy) is 1. The van der Waals surface area contributed by atoms with Crippen molar-refractivity contribution in [3.63, 3.8) is 0 Å². The van der Waals surface area contributed by atoms with Crippen LogP contribution < -0.4 is 4.90 Å². The first-order chi connectivity index (χ1) is 9.63. The van der Waals surface area contributed by atoms with Crippen molar-refractivity contribution in [1.82, 2.24) is 0 Å². The molecule has 0 spiro atoms. The molecule has 0 radical (unpaired) electrons. The number of halogens is 3. The molecule has 1 aromatic carbocycles. The van der Waals surface area contributed by atoms with Gasteiger partial charge in [0.1, 0.15) is 16.6 Å². The summed E-state index contributed by atoms with van der Waals surface area (Å²) in [4.78, 5) is 12.6. The zero-order chi connectivity index (χ0) is 15.8. The molecule has 1 aromatic rings. The number of sulfone groups is 1. The van der Waals surface area contributed by atoms with Gasteiger partial charge in [-0.3, -0.25) is 9.69 Å². The number of amides is 1. The Morgan fingerprint density at radius 1 is 1.38 bits per heavy atom. The molecule has 0 atom stereocenters. The maximum absolute atomic E-state index is 13.9. The zero-order valence-electron chi connectivity index (χ0n) is 11.0. The second-order valence-electron chi connectivity index (χ2n) is 4.64. The standard InChI is InChI=1S/C12H12BrF2NO4S/c1-21(18,19)5-4-20-7-16-10-6-8(13)2-3-9(10)12(14,15)11(16)17/h2-3,6H,4-5,7H2,1H3. The van der Waals surface area contributed by atoms with Crippen molar-refractivity contribution in [2.75, 3.05) is 30.2 Å². The molecule has 2 rings (SSSR count). The molecule has 1 amide bonds. The van der Waals surface area contributed by atoms with E-state index in [1.807, 2.05) is 0 Å². The van der Waals surface area contributed by atoms with E-state index in [2.05, 4.69) is 15.9 Å². The van der Waals surface area contributed by atoms with E-state index < -0.39 is 28.4 Å². The summed E-state index contributed by atoms with van der Waals surface area (Å²) < 4.78 is 55.2. The average Bonchev–Trinajstić information content (AvgIpc) is 2.53. The van der Waals surface area contributed by atoms with Gasteiger partial charge < -0.3 is 4.74 Å². The van der Waals surface area contributed by atoms with Gasteiger partial charge in [-0.05, 0) is 18.2 Å². The normalized spacial score (nSPS) is 17.1.